The van der Waals surface area contributed by atoms with Gasteiger partial charge in [0.25, 0.3) is 0 Å². The van der Waals surface area contributed by atoms with Crippen molar-refractivity contribution in [1.82, 2.24) is 0 Å². The summed E-state index contributed by atoms with van der Waals surface area (Å²) in [4.78, 5) is 11.6. The Morgan fingerprint density at radius 3 is 2.41 bits per heavy atom. The van der Waals surface area contributed by atoms with Gasteiger partial charge in [0.1, 0.15) is 5.60 Å². The first kappa shape index (κ1) is 16.4. The zero-order chi connectivity index (χ0) is 13.5. The van der Waals surface area contributed by atoms with Gasteiger partial charge in [-0.2, -0.15) is 0 Å². The van der Waals surface area contributed by atoms with Crippen LogP contribution >= 0.6 is 0 Å². The maximum Gasteiger partial charge on any atom is 0.307 e. The molecule has 0 aliphatic rings. The predicted molar refractivity (Wildman–Crippen MR) is 71.7 cm³/mol. The molecule has 3 heteroatoms. The van der Waals surface area contributed by atoms with Crippen LogP contribution in [0.25, 0.3) is 0 Å². The van der Waals surface area contributed by atoms with E-state index >= 15 is 0 Å². The number of hydrogen-bond acceptors (Lipinski definition) is 3. The van der Waals surface area contributed by atoms with Gasteiger partial charge in [0.2, 0.25) is 0 Å². The Balaban J connectivity index is 3.85. The zero-order valence-corrected chi connectivity index (χ0v) is 12.1. The number of hydrogen-bond donors (Lipinski definition) is 1. The molecule has 2 atom stereocenters. The molecular formula is C14H29NO2. The van der Waals surface area contributed by atoms with E-state index in [0.717, 1.165) is 6.42 Å². The van der Waals surface area contributed by atoms with Crippen molar-refractivity contribution in [2.45, 2.75) is 78.4 Å². The first-order valence-corrected chi connectivity index (χ1v) is 6.72. The van der Waals surface area contributed by atoms with Crippen LogP contribution in [0.4, 0.5) is 0 Å². The summed E-state index contributed by atoms with van der Waals surface area (Å²) in [6, 6.07) is -0.0725. The molecule has 0 aromatic rings. The van der Waals surface area contributed by atoms with E-state index in [4.69, 9.17) is 10.5 Å². The second-order valence-corrected chi connectivity index (χ2v) is 6.03. The Morgan fingerprint density at radius 2 is 1.94 bits per heavy atom. The van der Waals surface area contributed by atoms with Crippen molar-refractivity contribution in [3.63, 3.8) is 0 Å². The Kier molecular flexibility index (Phi) is 7.44. The summed E-state index contributed by atoms with van der Waals surface area (Å²) in [7, 11) is 0. The minimum absolute atomic E-state index is 0.0725. The minimum atomic E-state index is -0.412. The molecule has 0 aromatic carbocycles. The number of esters is 1. The second-order valence-electron chi connectivity index (χ2n) is 6.03. The molecule has 0 heterocycles. The molecule has 0 aromatic heterocycles. The highest BCUT2D eigenvalue weighted by Gasteiger charge is 2.19. The Hall–Kier alpha value is -0.570. The molecule has 0 saturated carbocycles. The summed E-state index contributed by atoms with van der Waals surface area (Å²) in [6.45, 7) is 10.0. The van der Waals surface area contributed by atoms with Crippen molar-refractivity contribution >= 4 is 5.97 Å². The van der Waals surface area contributed by atoms with E-state index in [9.17, 15) is 4.79 Å². The Bertz CT molecular complexity index is 221. The molecule has 102 valence electrons. The van der Waals surface area contributed by atoms with Gasteiger partial charge in [-0.15, -0.1) is 0 Å². The summed E-state index contributed by atoms with van der Waals surface area (Å²) in [5.74, 6) is 0.403. The van der Waals surface area contributed by atoms with Crippen LogP contribution < -0.4 is 5.73 Å². The Morgan fingerprint density at radius 1 is 1.35 bits per heavy atom. The summed E-state index contributed by atoms with van der Waals surface area (Å²) in [5.41, 5.74) is 5.55. The van der Waals surface area contributed by atoms with Crippen LogP contribution in [0.15, 0.2) is 0 Å². The van der Waals surface area contributed by atoms with Crippen LogP contribution in [-0.4, -0.2) is 17.6 Å². The number of nitrogens with two attached hydrogens (primary N) is 1. The summed E-state index contributed by atoms with van der Waals surface area (Å²) in [6.07, 6.45) is 4.87. The number of ether oxygens (including phenoxy) is 1. The lowest BCUT2D eigenvalue weighted by Gasteiger charge is -2.22. The molecule has 0 bridgehead atoms. The lowest BCUT2D eigenvalue weighted by Crippen LogP contribution is -2.31. The zero-order valence-electron chi connectivity index (χ0n) is 12.1. The molecule has 17 heavy (non-hydrogen) atoms. The number of unbranched alkanes of at least 4 members (excludes halogenated alkanes) is 1. The molecule has 0 aliphatic heterocycles. The Labute approximate surface area is 106 Å². The predicted octanol–water partition coefficient (Wildman–Crippen LogP) is 3.26. The van der Waals surface area contributed by atoms with E-state index in [1.807, 2.05) is 20.8 Å². The fourth-order valence-electron chi connectivity index (χ4n) is 1.87. The monoisotopic (exact) mass is 243 g/mol. The molecule has 0 fully saturated rings. The average Bonchev–Trinajstić information content (AvgIpc) is 2.10. The first-order valence-electron chi connectivity index (χ1n) is 6.72. The highest BCUT2D eigenvalue weighted by atomic mass is 16.6. The van der Waals surface area contributed by atoms with E-state index < -0.39 is 5.60 Å². The largest absolute Gasteiger partial charge is 0.460 e. The van der Waals surface area contributed by atoms with Crippen molar-refractivity contribution in [2.24, 2.45) is 11.7 Å². The standard InChI is InChI=1S/C14H29NO2/c1-6-7-8-11(2)9-12(15)10-13(16)17-14(3,4)5/h11-12H,6-10,15H2,1-5H3. The van der Waals surface area contributed by atoms with Gasteiger partial charge in [-0.25, -0.2) is 0 Å². The van der Waals surface area contributed by atoms with Gasteiger partial charge in [-0.05, 0) is 33.1 Å². The van der Waals surface area contributed by atoms with Crippen LogP contribution in [0.5, 0.6) is 0 Å². The highest BCUT2D eigenvalue weighted by Crippen LogP contribution is 2.16. The maximum absolute atomic E-state index is 11.6. The summed E-state index contributed by atoms with van der Waals surface area (Å²) in [5, 5.41) is 0. The normalized spacial score (nSPS) is 15.4. The molecule has 0 spiro atoms. The molecule has 0 rings (SSSR count). The second kappa shape index (κ2) is 7.70. The van der Waals surface area contributed by atoms with Crippen LogP contribution in [0, 0.1) is 5.92 Å². The van der Waals surface area contributed by atoms with Crippen molar-refractivity contribution in [3.8, 4) is 0 Å². The van der Waals surface area contributed by atoms with Crippen molar-refractivity contribution < 1.29 is 9.53 Å². The third kappa shape index (κ3) is 10.3. The van der Waals surface area contributed by atoms with Crippen molar-refractivity contribution in [2.75, 3.05) is 0 Å². The smallest absolute Gasteiger partial charge is 0.307 e. The lowest BCUT2D eigenvalue weighted by molar-refractivity contribution is -0.155. The molecule has 0 radical (unpaired) electrons. The van der Waals surface area contributed by atoms with Crippen molar-refractivity contribution in [1.29, 1.82) is 0 Å². The van der Waals surface area contributed by atoms with Gasteiger partial charge in [-0.1, -0.05) is 33.1 Å². The number of carbonyl (C=O) groups is 1. The molecular weight excluding hydrogens is 214 g/mol. The molecule has 0 aliphatic carbocycles. The van der Waals surface area contributed by atoms with Gasteiger partial charge < -0.3 is 10.5 Å². The SMILES string of the molecule is CCCCC(C)CC(N)CC(=O)OC(C)(C)C. The maximum atomic E-state index is 11.6. The third-order valence-electron chi connectivity index (χ3n) is 2.60. The van der Waals surface area contributed by atoms with E-state index in [0.29, 0.717) is 12.3 Å². The van der Waals surface area contributed by atoms with Gasteiger partial charge in [0.15, 0.2) is 0 Å². The van der Waals surface area contributed by atoms with E-state index in [1.165, 1.54) is 19.3 Å². The quantitative estimate of drug-likeness (QED) is 0.698. The van der Waals surface area contributed by atoms with Gasteiger partial charge in [0, 0.05) is 6.04 Å². The van der Waals surface area contributed by atoms with Crippen LogP contribution in [-0.2, 0) is 9.53 Å². The van der Waals surface area contributed by atoms with E-state index in [2.05, 4.69) is 13.8 Å². The van der Waals surface area contributed by atoms with Crippen LogP contribution in [0.1, 0.15) is 66.7 Å². The van der Waals surface area contributed by atoms with Gasteiger partial charge >= 0.3 is 5.97 Å². The molecule has 2 N–H and O–H groups in total. The fraction of sp³-hybridized carbons (Fsp3) is 0.929. The van der Waals surface area contributed by atoms with E-state index in [-0.39, 0.29) is 12.0 Å². The molecule has 0 amide bonds. The van der Waals surface area contributed by atoms with Crippen LogP contribution in [0.2, 0.25) is 0 Å². The minimum Gasteiger partial charge on any atom is -0.460 e. The molecule has 0 saturated heterocycles. The topological polar surface area (TPSA) is 52.3 Å². The number of carbonyl (C=O) groups excluding carboxylic acids is 1. The molecule has 2 unspecified atom stereocenters. The third-order valence-corrected chi connectivity index (χ3v) is 2.60. The average molecular weight is 243 g/mol. The van der Waals surface area contributed by atoms with E-state index in [1.54, 1.807) is 0 Å². The van der Waals surface area contributed by atoms with Gasteiger partial charge in [0.05, 0.1) is 6.42 Å². The lowest BCUT2D eigenvalue weighted by atomic mass is 9.95. The fourth-order valence-corrected chi connectivity index (χ4v) is 1.87. The number of rotatable bonds is 7. The molecule has 3 nitrogen and oxygen atoms in total. The summed E-state index contributed by atoms with van der Waals surface area (Å²) >= 11 is 0. The highest BCUT2D eigenvalue weighted by molar-refractivity contribution is 5.70. The van der Waals surface area contributed by atoms with Gasteiger partial charge in [-0.3, -0.25) is 4.79 Å². The first-order chi connectivity index (χ1) is 7.74. The van der Waals surface area contributed by atoms with Crippen molar-refractivity contribution in [3.05, 3.63) is 0 Å². The van der Waals surface area contributed by atoms with Crippen LogP contribution in [0.3, 0.4) is 0 Å². The summed E-state index contributed by atoms with van der Waals surface area (Å²) < 4.78 is 5.25.